The highest BCUT2D eigenvalue weighted by atomic mass is 35.5. The number of hydrogen-bond donors (Lipinski definition) is 1. The Kier molecular flexibility index (Phi) is 10.1. The maximum absolute atomic E-state index is 13.9. The normalized spacial score (nSPS) is 18.1. The molecule has 3 aliphatic rings. The van der Waals surface area contributed by atoms with Gasteiger partial charge in [0, 0.05) is 57.3 Å². The molecule has 5 rings (SSSR count). The number of likely N-dealkylation sites (tertiary alicyclic amines) is 1. The van der Waals surface area contributed by atoms with Gasteiger partial charge in [0.05, 0.1) is 23.5 Å². The number of benzene rings is 2. The van der Waals surface area contributed by atoms with Crippen molar-refractivity contribution in [2.24, 2.45) is 11.8 Å². The number of amides is 3. The van der Waals surface area contributed by atoms with Gasteiger partial charge in [0.25, 0.3) is 0 Å². The third-order valence-corrected chi connectivity index (χ3v) is 9.87. The summed E-state index contributed by atoms with van der Waals surface area (Å²) >= 11 is 6.08. The zero-order chi connectivity index (χ0) is 33.2. The van der Waals surface area contributed by atoms with Crippen LogP contribution < -0.4 is 14.5 Å². The molecular weight excluding hydrogens is 630 g/mol. The summed E-state index contributed by atoms with van der Waals surface area (Å²) in [5.74, 6) is -0.526. The van der Waals surface area contributed by atoms with Gasteiger partial charge in [-0.2, -0.15) is 0 Å². The second-order valence-corrected chi connectivity index (χ2v) is 15.9. The predicted octanol–water partition coefficient (Wildman–Crippen LogP) is 3.76. The lowest BCUT2D eigenvalue weighted by atomic mass is 9.98. The quantitative estimate of drug-likeness (QED) is 0.408. The molecule has 3 fully saturated rings. The summed E-state index contributed by atoms with van der Waals surface area (Å²) in [6.45, 7) is 8.15. The SMILES string of the molecule is CC(C)(C)OC(=O)N1CC(C(=O)NC(Cc2ccc(Cl)cc2)C(=O)N2CCN(c3ccccc3N(CC3CC3)S(C)(=O)=O)CC2)C1. The van der Waals surface area contributed by atoms with Crippen LogP contribution in [-0.4, -0.2) is 99.8 Å². The number of nitrogens with one attached hydrogen (secondary N) is 1. The van der Waals surface area contributed by atoms with E-state index >= 15 is 0 Å². The number of anilines is 2. The van der Waals surface area contributed by atoms with Crippen molar-refractivity contribution in [1.29, 1.82) is 0 Å². The van der Waals surface area contributed by atoms with Crippen LogP contribution in [0.25, 0.3) is 0 Å². The summed E-state index contributed by atoms with van der Waals surface area (Å²) in [6.07, 6.45) is 3.14. The van der Waals surface area contributed by atoms with Crippen LogP contribution in [0.5, 0.6) is 0 Å². The molecule has 13 heteroatoms. The molecule has 2 aromatic rings. The summed E-state index contributed by atoms with van der Waals surface area (Å²) in [6, 6.07) is 13.9. The van der Waals surface area contributed by atoms with Gasteiger partial charge in [0.1, 0.15) is 11.6 Å². The molecule has 0 spiro atoms. The number of rotatable bonds is 10. The monoisotopic (exact) mass is 673 g/mol. The molecule has 250 valence electrons. The molecule has 1 saturated carbocycles. The molecule has 2 aliphatic heterocycles. The third-order valence-electron chi connectivity index (χ3n) is 8.48. The first-order valence-electron chi connectivity index (χ1n) is 15.8. The third kappa shape index (κ3) is 8.64. The van der Waals surface area contributed by atoms with E-state index in [1.807, 2.05) is 36.4 Å². The standard InChI is InChI=1S/C33H44ClN5O6S/c1-33(2,3)45-32(42)38-21-25(22-38)30(40)35-27(19-23-11-13-26(34)14-12-23)31(41)37-17-15-36(16-18-37)28-7-5-6-8-29(28)39(46(4,43)44)20-24-9-10-24/h5-8,11-14,24-25,27H,9-10,15-22H2,1-4H3,(H,35,40). The van der Waals surface area contributed by atoms with Crippen molar-refractivity contribution in [3.63, 3.8) is 0 Å². The van der Waals surface area contributed by atoms with Gasteiger partial charge in [-0.15, -0.1) is 0 Å². The van der Waals surface area contributed by atoms with Crippen LogP contribution in [0.3, 0.4) is 0 Å². The van der Waals surface area contributed by atoms with Gasteiger partial charge >= 0.3 is 6.09 Å². The lowest BCUT2D eigenvalue weighted by molar-refractivity contribution is -0.139. The van der Waals surface area contributed by atoms with Crippen molar-refractivity contribution in [2.45, 2.75) is 51.7 Å². The highest BCUT2D eigenvalue weighted by Gasteiger charge is 2.40. The van der Waals surface area contributed by atoms with E-state index in [-0.39, 0.29) is 31.3 Å². The molecule has 3 amide bonds. The average Bonchev–Trinajstić information content (AvgIpc) is 3.79. The maximum Gasteiger partial charge on any atom is 0.410 e. The topological polar surface area (TPSA) is 120 Å². The molecule has 2 aromatic carbocycles. The fourth-order valence-electron chi connectivity index (χ4n) is 5.74. The van der Waals surface area contributed by atoms with Gasteiger partial charge in [-0.25, -0.2) is 13.2 Å². The van der Waals surface area contributed by atoms with Crippen molar-refractivity contribution in [3.8, 4) is 0 Å². The Morgan fingerprint density at radius 1 is 0.978 bits per heavy atom. The molecule has 46 heavy (non-hydrogen) atoms. The first kappa shape index (κ1) is 33.8. The first-order chi connectivity index (χ1) is 21.7. The number of carbonyl (C=O) groups is 3. The van der Waals surface area contributed by atoms with Gasteiger partial charge < -0.3 is 24.8 Å². The lowest BCUT2D eigenvalue weighted by Crippen LogP contribution is -2.60. The predicted molar refractivity (Wildman–Crippen MR) is 179 cm³/mol. The van der Waals surface area contributed by atoms with Crippen LogP contribution in [0.2, 0.25) is 5.02 Å². The first-order valence-corrected chi connectivity index (χ1v) is 18.0. The van der Waals surface area contributed by atoms with Crippen LogP contribution >= 0.6 is 11.6 Å². The summed E-state index contributed by atoms with van der Waals surface area (Å²) in [5.41, 5.74) is 1.71. The Morgan fingerprint density at radius 3 is 2.20 bits per heavy atom. The summed E-state index contributed by atoms with van der Waals surface area (Å²) in [7, 11) is -3.47. The van der Waals surface area contributed by atoms with E-state index in [0.29, 0.717) is 49.4 Å². The molecule has 1 aliphatic carbocycles. The summed E-state index contributed by atoms with van der Waals surface area (Å²) in [5, 5.41) is 3.54. The number of ether oxygens (including phenoxy) is 1. The zero-order valence-corrected chi connectivity index (χ0v) is 28.5. The van der Waals surface area contributed by atoms with Crippen molar-refractivity contribution in [1.82, 2.24) is 15.1 Å². The second kappa shape index (κ2) is 13.7. The summed E-state index contributed by atoms with van der Waals surface area (Å²) in [4.78, 5) is 44.9. The van der Waals surface area contributed by atoms with E-state index in [2.05, 4.69) is 10.2 Å². The Hall–Kier alpha value is -3.51. The molecule has 0 bridgehead atoms. The van der Waals surface area contributed by atoms with Crippen molar-refractivity contribution < 1.29 is 27.5 Å². The highest BCUT2D eigenvalue weighted by Crippen LogP contribution is 2.37. The fraction of sp³-hybridized carbons (Fsp3) is 0.545. The number of halogens is 1. The molecule has 1 unspecified atom stereocenters. The Labute approximate surface area is 276 Å². The van der Waals surface area contributed by atoms with Crippen molar-refractivity contribution >= 4 is 50.9 Å². The van der Waals surface area contributed by atoms with Gasteiger partial charge in [-0.3, -0.25) is 13.9 Å². The van der Waals surface area contributed by atoms with Crippen LogP contribution in [-0.2, 0) is 30.8 Å². The molecule has 1 atom stereocenters. The van der Waals surface area contributed by atoms with Crippen LogP contribution in [0, 0.1) is 11.8 Å². The molecule has 2 heterocycles. The van der Waals surface area contributed by atoms with Crippen molar-refractivity contribution in [3.05, 3.63) is 59.1 Å². The van der Waals surface area contributed by atoms with E-state index in [1.165, 1.54) is 15.5 Å². The Morgan fingerprint density at radius 2 is 1.61 bits per heavy atom. The minimum atomic E-state index is -3.47. The number of carbonyl (C=O) groups excluding carboxylic acids is 3. The van der Waals surface area contributed by atoms with Gasteiger partial charge in [-0.05, 0) is 69.4 Å². The second-order valence-electron chi connectivity index (χ2n) is 13.5. The van der Waals surface area contributed by atoms with E-state index < -0.39 is 33.7 Å². The van der Waals surface area contributed by atoms with Crippen molar-refractivity contribution in [2.75, 3.05) is 61.3 Å². The zero-order valence-electron chi connectivity index (χ0n) is 26.9. The van der Waals surface area contributed by atoms with E-state index in [1.54, 1.807) is 37.8 Å². The molecule has 1 N–H and O–H groups in total. The number of piperazine rings is 1. The van der Waals surface area contributed by atoms with E-state index in [0.717, 1.165) is 24.1 Å². The van der Waals surface area contributed by atoms with Gasteiger partial charge in [-0.1, -0.05) is 35.9 Å². The Bertz CT molecular complexity index is 1530. The molecular formula is C33H44ClN5O6S. The largest absolute Gasteiger partial charge is 0.444 e. The van der Waals surface area contributed by atoms with E-state index in [4.69, 9.17) is 16.3 Å². The number of sulfonamides is 1. The average molecular weight is 674 g/mol. The summed E-state index contributed by atoms with van der Waals surface area (Å²) < 4.78 is 32.5. The molecule has 0 aromatic heterocycles. The lowest BCUT2D eigenvalue weighted by Gasteiger charge is -2.41. The number of para-hydroxylation sites is 2. The molecule has 0 radical (unpaired) electrons. The van der Waals surface area contributed by atoms with E-state index in [9.17, 15) is 22.8 Å². The van der Waals surface area contributed by atoms with Crippen LogP contribution in [0.15, 0.2) is 48.5 Å². The van der Waals surface area contributed by atoms with Crippen LogP contribution in [0.1, 0.15) is 39.2 Å². The highest BCUT2D eigenvalue weighted by molar-refractivity contribution is 7.92. The van der Waals surface area contributed by atoms with Gasteiger partial charge in [0.15, 0.2) is 0 Å². The molecule has 11 nitrogen and oxygen atoms in total. The Balaban J connectivity index is 1.25. The smallest absolute Gasteiger partial charge is 0.410 e. The fourth-order valence-corrected chi connectivity index (χ4v) is 6.86. The minimum Gasteiger partial charge on any atom is -0.444 e. The molecule has 2 saturated heterocycles. The maximum atomic E-state index is 13.9. The number of hydrogen-bond acceptors (Lipinski definition) is 7. The van der Waals surface area contributed by atoms with Crippen LogP contribution in [0.4, 0.5) is 16.2 Å². The minimum absolute atomic E-state index is 0.189. The van der Waals surface area contributed by atoms with Gasteiger partial charge in [0.2, 0.25) is 21.8 Å². The number of nitrogens with zero attached hydrogens (tertiary/aromatic N) is 4.